The average molecular weight is 313 g/mol. The molecule has 3 N–H and O–H groups in total. The van der Waals surface area contributed by atoms with E-state index >= 15 is 0 Å². The van der Waals surface area contributed by atoms with Crippen LogP contribution in [0.15, 0.2) is 5.38 Å². The Balaban J connectivity index is 2.70. The van der Waals surface area contributed by atoms with Crippen molar-refractivity contribution in [1.82, 2.24) is 10.3 Å². The molecule has 1 rings (SSSR count). The van der Waals surface area contributed by atoms with Gasteiger partial charge in [0.1, 0.15) is 5.69 Å². The molecule has 0 saturated carbocycles. The second-order valence-electron chi connectivity index (χ2n) is 4.69. The normalized spacial score (nSPS) is 11.0. The molecule has 0 fully saturated rings. The molecule has 0 unspecified atom stereocenters. The van der Waals surface area contributed by atoms with Gasteiger partial charge in [-0.2, -0.15) is 0 Å². The van der Waals surface area contributed by atoms with Gasteiger partial charge in [-0.3, -0.25) is 14.4 Å². The standard InChI is InChI=1S/C13H19N3O4S/c1-4-13(5-2,11(19)20)7-14-10(18)9-6-21-12(16-9)15-8(3)17/h6H,4-5,7H2,1-3H3,(H,14,18)(H,19,20)(H,15,16,17). The Bertz CT molecular complexity index is 537. The van der Waals surface area contributed by atoms with Crippen LogP contribution in [0.3, 0.4) is 0 Å². The molecule has 0 aliphatic heterocycles. The fourth-order valence-corrected chi connectivity index (χ4v) is 2.54. The van der Waals surface area contributed by atoms with Gasteiger partial charge in [-0.25, -0.2) is 4.98 Å². The second kappa shape index (κ2) is 7.16. The largest absolute Gasteiger partial charge is 0.481 e. The number of carboxylic acids is 1. The van der Waals surface area contributed by atoms with Crippen LogP contribution in [0.25, 0.3) is 0 Å². The zero-order valence-electron chi connectivity index (χ0n) is 12.2. The first-order valence-electron chi connectivity index (χ1n) is 6.59. The maximum atomic E-state index is 12.0. The molecule has 7 nitrogen and oxygen atoms in total. The number of rotatable bonds is 7. The Hall–Kier alpha value is -1.96. The van der Waals surface area contributed by atoms with E-state index in [1.807, 2.05) is 0 Å². The van der Waals surface area contributed by atoms with E-state index in [2.05, 4.69) is 15.6 Å². The Morgan fingerprint density at radius 3 is 2.43 bits per heavy atom. The van der Waals surface area contributed by atoms with E-state index in [1.165, 1.54) is 12.3 Å². The third kappa shape index (κ3) is 4.25. The first kappa shape index (κ1) is 17.1. The summed E-state index contributed by atoms with van der Waals surface area (Å²) in [5.41, 5.74) is -0.804. The highest BCUT2D eigenvalue weighted by molar-refractivity contribution is 7.14. The highest BCUT2D eigenvalue weighted by Gasteiger charge is 2.35. The van der Waals surface area contributed by atoms with Crippen LogP contribution < -0.4 is 10.6 Å². The van der Waals surface area contributed by atoms with Gasteiger partial charge in [-0.05, 0) is 12.8 Å². The molecule has 0 bridgehead atoms. The molecular weight excluding hydrogens is 294 g/mol. The van der Waals surface area contributed by atoms with Gasteiger partial charge in [0.05, 0.1) is 5.41 Å². The van der Waals surface area contributed by atoms with Gasteiger partial charge in [-0.15, -0.1) is 11.3 Å². The van der Waals surface area contributed by atoms with E-state index < -0.39 is 17.3 Å². The molecule has 0 aliphatic rings. The molecule has 2 amide bonds. The monoisotopic (exact) mass is 313 g/mol. The maximum absolute atomic E-state index is 12.0. The summed E-state index contributed by atoms with van der Waals surface area (Å²) in [6, 6.07) is 0. The van der Waals surface area contributed by atoms with E-state index in [1.54, 1.807) is 13.8 Å². The average Bonchev–Trinajstić information content (AvgIpc) is 2.87. The molecule has 0 aromatic carbocycles. The van der Waals surface area contributed by atoms with Gasteiger partial charge in [0.25, 0.3) is 5.91 Å². The second-order valence-corrected chi connectivity index (χ2v) is 5.55. The van der Waals surface area contributed by atoms with Crippen molar-refractivity contribution in [2.45, 2.75) is 33.6 Å². The fraction of sp³-hybridized carbons (Fsp3) is 0.538. The molecule has 1 aromatic heterocycles. The first-order chi connectivity index (χ1) is 9.84. The van der Waals surface area contributed by atoms with Gasteiger partial charge in [0, 0.05) is 18.8 Å². The summed E-state index contributed by atoms with van der Waals surface area (Å²) in [4.78, 5) is 38.2. The van der Waals surface area contributed by atoms with Crippen molar-refractivity contribution in [2.24, 2.45) is 5.41 Å². The predicted molar refractivity (Wildman–Crippen MR) is 79.4 cm³/mol. The van der Waals surface area contributed by atoms with Gasteiger partial charge in [0.15, 0.2) is 5.13 Å². The molecule has 1 aromatic rings. The number of aliphatic carboxylic acids is 1. The molecule has 21 heavy (non-hydrogen) atoms. The lowest BCUT2D eigenvalue weighted by Crippen LogP contribution is -2.42. The number of carbonyl (C=O) groups excluding carboxylic acids is 2. The van der Waals surface area contributed by atoms with Crippen LogP contribution in [0, 0.1) is 5.41 Å². The summed E-state index contributed by atoms with van der Waals surface area (Å²) in [5.74, 6) is -1.64. The third-order valence-electron chi connectivity index (χ3n) is 3.41. The third-order valence-corrected chi connectivity index (χ3v) is 4.17. The lowest BCUT2D eigenvalue weighted by molar-refractivity contribution is -0.149. The van der Waals surface area contributed by atoms with Gasteiger partial charge < -0.3 is 15.7 Å². The first-order valence-corrected chi connectivity index (χ1v) is 7.47. The number of hydrogen-bond donors (Lipinski definition) is 3. The Morgan fingerprint density at radius 2 is 1.95 bits per heavy atom. The molecule has 0 atom stereocenters. The molecule has 8 heteroatoms. The van der Waals surface area contributed by atoms with Crippen LogP contribution in [-0.4, -0.2) is 34.4 Å². The van der Waals surface area contributed by atoms with Gasteiger partial charge >= 0.3 is 5.97 Å². The summed E-state index contributed by atoms with van der Waals surface area (Å²) in [7, 11) is 0. The number of carbonyl (C=O) groups is 3. The van der Waals surface area contributed by atoms with Crippen LogP contribution >= 0.6 is 11.3 Å². The van der Waals surface area contributed by atoms with Gasteiger partial charge in [-0.1, -0.05) is 13.8 Å². The lowest BCUT2D eigenvalue weighted by atomic mass is 9.82. The minimum atomic E-state index is -0.966. The quantitative estimate of drug-likeness (QED) is 0.710. The van der Waals surface area contributed by atoms with Crippen molar-refractivity contribution in [1.29, 1.82) is 0 Å². The number of nitrogens with one attached hydrogen (secondary N) is 2. The van der Waals surface area contributed by atoms with Crippen molar-refractivity contribution in [3.8, 4) is 0 Å². The highest BCUT2D eigenvalue weighted by Crippen LogP contribution is 2.26. The van der Waals surface area contributed by atoms with Crippen LogP contribution in [-0.2, 0) is 9.59 Å². The van der Waals surface area contributed by atoms with Crippen LogP contribution in [0.1, 0.15) is 44.1 Å². The summed E-state index contributed by atoms with van der Waals surface area (Å²) in [6.07, 6.45) is 0.848. The van der Waals surface area contributed by atoms with Crippen LogP contribution in [0.5, 0.6) is 0 Å². The lowest BCUT2D eigenvalue weighted by Gasteiger charge is -2.26. The van der Waals surface area contributed by atoms with Crippen molar-refractivity contribution in [3.63, 3.8) is 0 Å². The molecule has 0 saturated heterocycles. The number of nitrogens with zero attached hydrogens (tertiary/aromatic N) is 1. The molecular formula is C13H19N3O4S. The molecule has 0 spiro atoms. The van der Waals surface area contributed by atoms with Gasteiger partial charge in [0.2, 0.25) is 5.91 Å². The molecule has 0 aliphatic carbocycles. The number of anilines is 1. The van der Waals surface area contributed by atoms with Crippen LogP contribution in [0.4, 0.5) is 5.13 Å². The predicted octanol–water partition coefficient (Wildman–Crippen LogP) is 1.72. The number of thiazole rings is 1. The summed E-state index contributed by atoms with van der Waals surface area (Å²) >= 11 is 1.14. The number of hydrogen-bond acceptors (Lipinski definition) is 5. The zero-order chi connectivity index (χ0) is 16.0. The summed E-state index contributed by atoms with van der Waals surface area (Å²) in [6.45, 7) is 4.95. The number of amides is 2. The molecule has 116 valence electrons. The highest BCUT2D eigenvalue weighted by atomic mass is 32.1. The summed E-state index contributed by atoms with van der Waals surface area (Å²) < 4.78 is 0. The van der Waals surface area contributed by atoms with Crippen LogP contribution in [0.2, 0.25) is 0 Å². The van der Waals surface area contributed by atoms with Crippen molar-refractivity contribution in [2.75, 3.05) is 11.9 Å². The molecule has 0 radical (unpaired) electrons. The van der Waals surface area contributed by atoms with Crippen molar-refractivity contribution < 1.29 is 19.5 Å². The number of carboxylic acid groups (broad SMARTS) is 1. The van der Waals surface area contributed by atoms with Crippen molar-refractivity contribution >= 4 is 34.3 Å². The minimum Gasteiger partial charge on any atom is -0.481 e. The fourth-order valence-electron chi connectivity index (χ4n) is 1.80. The van der Waals surface area contributed by atoms with Crippen molar-refractivity contribution in [3.05, 3.63) is 11.1 Å². The Kier molecular flexibility index (Phi) is 5.83. The summed E-state index contributed by atoms with van der Waals surface area (Å²) in [5, 5.41) is 16.2. The van der Waals surface area contributed by atoms with E-state index in [4.69, 9.17) is 0 Å². The minimum absolute atomic E-state index is 0.0428. The van der Waals surface area contributed by atoms with E-state index in [9.17, 15) is 19.5 Å². The number of aromatic nitrogens is 1. The Labute approximate surface area is 126 Å². The zero-order valence-corrected chi connectivity index (χ0v) is 13.0. The smallest absolute Gasteiger partial charge is 0.311 e. The van der Waals surface area contributed by atoms with E-state index in [0.29, 0.717) is 18.0 Å². The molecule has 1 heterocycles. The topological polar surface area (TPSA) is 108 Å². The van der Waals surface area contributed by atoms with E-state index in [-0.39, 0.29) is 18.1 Å². The SMILES string of the molecule is CCC(CC)(CNC(=O)c1csc(NC(C)=O)n1)C(=O)O. The Morgan fingerprint density at radius 1 is 1.33 bits per heavy atom. The maximum Gasteiger partial charge on any atom is 0.311 e. The van der Waals surface area contributed by atoms with E-state index in [0.717, 1.165) is 11.3 Å².